The molecule has 0 radical (unpaired) electrons. The molecule has 0 aliphatic heterocycles. The van der Waals surface area contributed by atoms with Crippen LogP contribution < -0.4 is 0 Å². The van der Waals surface area contributed by atoms with Crippen LogP contribution in [-0.2, 0) is 0 Å². The lowest BCUT2D eigenvalue weighted by Gasteiger charge is -2.11. The van der Waals surface area contributed by atoms with E-state index in [0.717, 1.165) is 34.9 Å². The molecule has 1 aromatic carbocycles. The SMILES string of the molecule is O=C(/C1=C/CCCCCC1)c1ccccc1Br. The van der Waals surface area contributed by atoms with E-state index < -0.39 is 0 Å². The Bertz CT molecular complexity index is 434. The Morgan fingerprint density at radius 3 is 2.65 bits per heavy atom. The average Bonchev–Trinajstić information content (AvgIpc) is 2.28. The molecule has 0 saturated heterocycles. The van der Waals surface area contributed by atoms with Gasteiger partial charge in [-0.2, -0.15) is 0 Å². The molecule has 0 amide bonds. The number of Topliss-reactive ketones (excluding diaryl/α,β-unsaturated/α-hetero) is 1. The van der Waals surface area contributed by atoms with Gasteiger partial charge in [0.25, 0.3) is 0 Å². The van der Waals surface area contributed by atoms with Gasteiger partial charge < -0.3 is 0 Å². The summed E-state index contributed by atoms with van der Waals surface area (Å²) in [5.74, 6) is 0.194. The molecule has 1 nitrogen and oxygen atoms in total. The first-order valence-electron chi connectivity index (χ1n) is 6.27. The van der Waals surface area contributed by atoms with E-state index in [0.29, 0.717) is 0 Å². The van der Waals surface area contributed by atoms with E-state index in [4.69, 9.17) is 0 Å². The van der Waals surface area contributed by atoms with Crippen molar-refractivity contribution in [3.63, 3.8) is 0 Å². The highest BCUT2D eigenvalue weighted by Crippen LogP contribution is 2.24. The van der Waals surface area contributed by atoms with Crippen LogP contribution in [0.4, 0.5) is 0 Å². The van der Waals surface area contributed by atoms with Gasteiger partial charge in [0.15, 0.2) is 5.78 Å². The van der Waals surface area contributed by atoms with Crippen molar-refractivity contribution in [1.29, 1.82) is 0 Å². The number of rotatable bonds is 2. The first-order chi connectivity index (χ1) is 8.29. The van der Waals surface area contributed by atoms with Crippen molar-refractivity contribution in [3.05, 3.63) is 46.0 Å². The molecule has 0 aromatic heterocycles. The van der Waals surface area contributed by atoms with Gasteiger partial charge in [-0.05, 0) is 43.4 Å². The van der Waals surface area contributed by atoms with Crippen molar-refractivity contribution in [2.45, 2.75) is 38.5 Å². The van der Waals surface area contributed by atoms with Crippen LogP contribution in [0.25, 0.3) is 0 Å². The summed E-state index contributed by atoms with van der Waals surface area (Å²) in [6.07, 6.45) is 9.02. The van der Waals surface area contributed by atoms with Crippen molar-refractivity contribution in [1.82, 2.24) is 0 Å². The second-order valence-electron chi connectivity index (χ2n) is 4.49. The molecule has 0 bridgehead atoms. The minimum atomic E-state index is 0.194. The van der Waals surface area contributed by atoms with Gasteiger partial charge in [-0.1, -0.05) is 47.0 Å². The molecule has 1 aliphatic carbocycles. The molecule has 2 rings (SSSR count). The molecule has 1 aliphatic rings. The van der Waals surface area contributed by atoms with E-state index in [-0.39, 0.29) is 5.78 Å². The zero-order valence-electron chi connectivity index (χ0n) is 9.92. The van der Waals surface area contributed by atoms with Gasteiger partial charge in [0.05, 0.1) is 0 Å². The highest BCUT2D eigenvalue weighted by atomic mass is 79.9. The van der Waals surface area contributed by atoms with Crippen LogP contribution in [-0.4, -0.2) is 5.78 Å². The first-order valence-corrected chi connectivity index (χ1v) is 7.06. The Balaban J connectivity index is 2.21. The monoisotopic (exact) mass is 292 g/mol. The van der Waals surface area contributed by atoms with E-state index in [1.165, 1.54) is 19.3 Å². The smallest absolute Gasteiger partial charge is 0.189 e. The van der Waals surface area contributed by atoms with E-state index in [2.05, 4.69) is 22.0 Å². The van der Waals surface area contributed by atoms with Crippen LogP contribution in [0.2, 0.25) is 0 Å². The second-order valence-corrected chi connectivity index (χ2v) is 5.35. The number of carbonyl (C=O) groups is 1. The third kappa shape index (κ3) is 3.29. The van der Waals surface area contributed by atoms with Crippen LogP contribution in [0.15, 0.2) is 40.4 Å². The number of hydrogen-bond donors (Lipinski definition) is 0. The lowest BCUT2D eigenvalue weighted by molar-refractivity contribution is 0.102. The molecule has 17 heavy (non-hydrogen) atoms. The van der Waals surface area contributed by atoms with Gasteiger partial charge in [-0.15, -0.1) is 0 Å². The Morgan fingerprint density at radius 1 is 1.06 bits per heavy atom. The normalized spacial score (nSPS) is 19.9. The summed E-state index contributed by atoms with van der Waals surface area (Å²) in [4.78, 5) is 12.4. The number of ketones is 1. The Kier molecular flexibility index (Phi) is 4.55. The van der Waals surface area contributed by atoms with Crippen LogP contribution in [0, 0.1) is 0 Å². The summed E-state index contributed by atoms with van der Waals surface area (Å²) in [6, 6.07) is 7.68. The lowest BCUT2D eigenvalue weighted by atomic mass is 9.94. The van der Waals surface area contributed by atoms with Crippen molar-refractivity contribution in [3.8, 4) is 0 Å². The summed E-state index contributed by atoms with van der Waals surface area (Å²) < 4.78 is 0.896. The van der Waals surface area contributed by atoms with Crippen LogP contribution in [0.5, 0.6) is 0 Å². The molecule has 0 unspecified atom stereocenters. The topological polar surface area (TPSA) is 17.1 Å². The molecule has 90 valence electrons. The Morgan fingerprint density at radius 2 is 1.82 bits per heavy atom. The minimum Gasteiger partial charge on any atom is -0.289 e. The molecule has 0 fully saturated rings. The van der Waals surface area contributed by atoms with Crippen molar-refractivity contribution >= 4 is 21.7 Å². The lowest BCUT2D eigenvalue weighted by Crippen LogP contribution is -2.06. The maximum absolute atomic E-state index is 12.4. The molecule has 0 saturated carbocycles. The second kappa shape index (κ2) is 6.15. The van der Waals surface area contributed by atoms with Gasteiger partial charge in [0, 0.05) is 10.0 Å². The first kappa shape index (κ1) is 12.6. The van der Waals surface area contributed by atoms with Crippen LogP contribution in [0.3, 0.4) is 0 Å². The number of allylic oxidation sites excluding steroid dienone is 2. The van der Waals surface area contributed by atoms with Gasteiger partial charge in [-0.3, -0.25) is 4.79 Å². The largest absolute Gasteiger partial charge is 0.289 e. The fraction of sp³-hybridized carbons (Fsp3) is 0.400. The van der Waals surface area contributed by atoms with E-state index in [9.17, 15) is 4.79 Å². The van der Waals surface area contributed by atoms with Gasteiger partial charge >= 0.3 is 0 Å². The molecular formula is C15H17BrO. The molecule has 1 aromatic rings. The number of carbonyl (C=O) groups excluding carboxylic acids is 1. The molecule has 2 heteroatoms. The summed E-state index contributed by atoms with van der Waals surface area (Å²) in [5, 5.41) is 0. The average molecular weight is 293 g/mol. The van der Waals surface area contributed by atoms with E-state index >= 15 is 0 Å². The summed E-state index contributed by atoms with van der Waals surface area (Å²) in [5.41, 5.74) is 1.79. The fourth-order valence-electron chi connectivity index (χ4n) is 2.22. The quantitative estimate of drug-likeness (QED) is 0.708. The Hall–Kier alpha value is -0.890. The molecule has 0 atom stereocenters. The zero-order chi connectivity index (χ0) is 12.1. The van der Waals surface area contributed by atoms with Gasteiger partial charge in [-0.25, -0.2) is 0 Å². The van der Waals surface area contributed by atoms with Crippen LogP contribution in [0.1, 0.15) is 48.9 Å². The van der Waals surface area contributed by atoms with Gasteiger partial charge in [0.1, 0.15) is 0 Å². The summed E-state index contributed by atoms with van der Waals surface area (Å²) in [6.45, 7) is 0. The maximum atomic E-state index is 12.4. The predicted molar refractivity (Wildman–Crippen MR) is 74.3 cm³/mol. The number of halogens is 1. The standard InChI is InChI=1S/C15H17BrO/c16-14-11-7-6-10-13(14)15(17)12-8-4-2-1-3-5-9-12/h6-8,10-11H,1-5,9H2/b12-8+. The van der Waals surface area contributed by atoms with Crippen LogP contribution >= 0.6 is 15.9 Å². The molecule has 0 N–H and O–H groups in total. The van der Waals surface area contributed by atoms with Crippen molar-refractivity contribution < 1.29 is 4.79 Å². The summed E-state index contributed by atoms with van der Waals surface area (Å²) >= 11 is 3.45. The van der Waals surface area contributed by atoms with Crippen molar-refractivity contribution in [2.75, 3.05) is 0 Å². The Labute approximate surface area is 111 Å². The maximum Gasteiger partial charge on any atom is 0.189 e. The minimum absolute atomic E-state index is 0.194. The third-order valence-corrected chi connectivity index (χ3v) is 3.89. The summed E-state index contributed by atoms with van der Waals surface area (Å²) in [7, 11) is 0. The highest BCUT2D eigenvalue weighted by Gasteiger charge is 2.15. The van der Waals surface area contributed by atoms with E-state index in [1.54, 1.807) is 0 Å². The molecule has 0 spiro atoms. The highest BCUT2D eigenvalue weighted by molar-refractivity contribution is 9.10. The molecular weight excluding hydrogens is 276 g/mol. The van der Waals surface area contributed by atoms with E-state index in [1.807, 2.05) is 24.3 Å². The molecule has 0 heterocycles. The predicted octanol–water partition coefficient (Wildman–Crippen LogP) is 4.91. The van der Waals surface area contributed by atoms with Gasteiger partial charge in [0.2, 0.25) is 0 Å². The third-order valence-electron chi connectivity index (χ3n) is 3.20. The number of benzene rings is 1. The fourth-order valence-corrected chi connectivity index (χ4v) is 2.68. The van der Waals surface area contributed by atoms with Crippen molar-refractivity contribution in [2.24, 2.45) is 0 Å². The zero-order valence-corrected chi connectivity index (χ0v) is 11.5. The number of hydrogen-bond acceptors (Lipinski definition) is 1.